The summed E-state index contributed by atoms with van der Waals surface area (Å²) in [4.78, 5) is 13.5. The zero-order chi connectivity index (χ0) is 15.1. The minimum atomic E-state index is -0.622. The minimum Gasteiger partial charge on any atom is -0.497 e. The largest absolute Gasteiger partial charge is 0.497 e. The van der Waals surface area contributed by atoms with Crippen LogP contribution in [0.5, 0.6) is 5.75 Å². The molecule has 112 valence electrons. The summed E-state index contributed by atoms with van der Waals surface area (Å²) in [6.45, 7) is 0.600. The molecule has 0 saturated heterocycles. The number of hydrogen-bond donors (Lipinski definition) is 1. The summed E-state index contributed by atoms with van der Waals surface area (Å²) in [6.07, 6.45) is 0.209. The molecular weight excluding hydrogens is 286 g/mol. The third-order valence-corrected chi connectivity index (χ3v) is 4.06. The van der Waals surface area contributed by atoms with Gasteiger partial charge in [-0.1, -0.05) is 18.2 Å². The molecule has 0 spiro atoms. The third-order valence-electron chi connectivity index (χ3n) is 3.12. The molecule has 1 atom stereocenters. The van der Waals surface area contributed by atoms with Gasteiger partial charge in [-0.15, -0.1) is 11.3 Å². The van der Waals surface area contributed by atoms with Crippen LogP contribution in [-0.4, -0.2) is 26.7 Å². The lowest BCUT2D eigenvalue weighted by atomic mass is 10.1. The van der Waals surface area contributed by atoms with Crippen LogP contribution in [0.15, 0.2) is 41.8 Å². The average Bonchev–Trinajstić information content (AvgIpc) is 3.01. The van der Waals surface area contributed by atoms with E-state index in [0.717, 1.165) is 12.0 Å². The molecule has 1 N–H and O–H groups in total. The van der Waals surface area contributed by atoms with E-state index in [-0.39, 0.29) is 5.91 Å². The Morgan fingerprint density at radius 3 is 2.81 bits per heavy atom. The van der Waals surface area contributed by atoms with Crippen LogP contribution >= 0.6 is 11.3 Å². The Balaban J connectivity index is 1.94. The van der Waals surface area contributed by atoms with Crippen molar-refractivity contribution in [3.8, 4) is 5.75 Å². The van der Waals surface area contributed by atoms with Crippen LogP contribution in [0, 0.1) is 0 Å². The Hall–Kier alpha value is -1.85. The molecule has 0 saturated carbocycles. The number of rotatable bonds is 7. The van der Waals surface area contributed by atoms with Gasteiger partial charge in [-0.25, -0.2) is 0 Å². The van der Waals surface area contributed by atoms with E-state index in [1.165, 1.54) is 12.0 Å². The lowest BCUT2D eigenvalue weighted by molar-refractivity contribution is -0.131. The first kappa shape index (κ1) is 15.5. The van der Waals surface area contributed by atoms with E-state index in [1.807, 2.05) is 35.7 Å². The van der Waals surface area contributed by atoms with E-state index >= 15 is 0 Å². The van der Waals surface area contributed by atoms with Gasteiger partial charge >= 0.3 is 0 Å². The van der Waals surface area contributed by atoms with Crippen molar-refractivity contribution in [2.45, 2.75) is 12.5 Å². The molecule has 0 aliphatic rings. The molecule has 0 bridgehead atoms. The number of thiophene rings is 1. The van der Waals surface area contributed by atoms with Gasteiger partial charge in [0.25, 0.3) is 5.91 Å². The molecule has 1 unspecified atom stereocenters. The second kappa shape index (κ2) is 7.81. The van der Waals surface area contributed by atoms with E-state index in [2.05, 4.69) is 11.4 Å². The van der Waals surface area contributed by atoms with Crippen molar-refractivity contribution in [1.29, 1.82) is 0 Å². The average molecular weight is 305 g/mol. The molecule has 5 heteroatoms. The Morgan fingerprint density at radius 2 is 2.14 bits per heavy atom. The van der Waals surface area contributed by atoms with Crippen molar-refractivity contribution in [1.82, 2.24) is 5.32 Å². The normalized spacial score (nSPS) is 11.9. The van der Waals surface area contributed by atoms with Crippen LogP contribution in [0.3, 0.4) is 0 Å². The minimum absolute atomic E-state index is 0.137. The molecule has 1 aromatic carbocycles. The second-order valence-electron chi connectivity index (χ2n) is 4.51. The van der Waals surface area contributed by atoms with Crippen molar-refractivity contribution < 1.29 is 14.3 Å². The SMILES string of the molecule is COc1cccc(C(OC)C(=O)NCCc2cccs2)c1. The maximum atomic E-state index is 12.2. The van der Waals surface area contributed by atoms with Crippen LogP contribution in [0.4, 0.5) is 0 Å². The van der Waals surface area contributed by atoms with Crippen molar-refractivity contribution in [3.63, 3.8) is 0 Å². The molecule has 2 rings (SSSR count). The first-order valence-corrected chi connectivity index (χ1v) is 7.59. The van der Waals surface area contributed by atoms with Gasteiger partial charge in [0, 0.05) is 18.5 Å². The highest BCUT2D eigenvalue weighted by Crippen LogP contribution is 2.21. The number of benzene rings is 1. The summed E-state index contributed by atoms with van der Waals surface area (Å²) in [5.74, 6) is 0.572. The highest BCUT2D eigenvalue weighted by molar-refractivity contribution is 7.09. The Labute approximate surface area is 128 Å². The summed E-state index contributed by atoms with van der Waals surface area (Å²) in [5.41, 5.74) is 0.783. The van der Waals surface area contributed by atoms with E-state index in [1.54, 1.807) is 18.4 Å². The monoisotopic (exact) mass is 305 g/mol. The summed E-state index contributed by atoms with van der Waals surface area (Å²) in [7, 11) is 3.13. The molecule has 4 nitrogen and oxygen atoms in total. The lowest BCUT2D eigenvalue weighted by Gasteiger charge is -2.16. The number of hydrogen-bond acceptors (Lipinski definition) is 4. The smallest absolute Gasteiger partial charge is 0.253 e. The Kier molecular flexibility index (Phi) is 5.78. The Morgan fingerprint density at radius 1 is 1.29 bits per heavy atom. The number of nitrogens with one attached hydrogen (secondary N) is 1. The van der Waals surface area contributed by atoms with Gasteiger partial charge in [-0.3, -0.25) is 4.79 Å². The molecule has 0 aliphatic carbocycles. The van der Waals surface area contributed by atoms with Gasteiger partial charge in [0.15, 0.2) is 6.10 Å². The summed E-state index contributed by atoms with van der Waals surface area (Å²) in [6, 6.07) is 11.4. The van der Waals surface area contributed by atoms with Crippen molar-refractivity contribution in [2.24, 2.45) is 0 Å². The van der Waals surface area contributed by atoms with Crippen molar-refractivity contribution in [2.75, 3.05) is 20.8 Å². The van der Waals surface area contributed by atoms with Crippen LogP contribution in [0.2, 0.25) is 0 Å². The zero-order valence-electron chi connectivity index (χ0n) is 12.2. The van der Waals surface area contributed by atoms with Crippen molar-refractivity contribution >= 4 is 17.2 Å². The number of amides is 1. The molecule has 1 aromatic heterocycles. The van der Waals surface area contributed by atoms with Gasteiger partial charge in [-0.2, -0.15) is 0 Å². The van der Waals surface area contributed by atoms with Gasteiger partial charge in [0.05, 0.1) is 7.11 Å². The fraction of sp³-hybridized carbons (Fsp3) is 0.312. The number of carbonyl (C=O) groups is 1. The highest BCUT2D eigenvalue weighted by Gasteiger charge is 2.20. The van der Waals surface area contributed by atoms with Crippen molar-refractivity contribution in [3.05, 3.63) is 52.2 Å². The first-order chi connectivity index (χ1) is 10.2. The lowest BCUT2D eigenvalue weighted by Crippen LogP contribution is -2.31. The maximum Gasteiger partial charge on any atom is 0.253 e. The third kappa shape index (κ3) is 4.31. The fourth-order valence-electron chi connectivity index (χ4n) is 2.06. The fourth-order valence-corrected chi connectivity index (χ4v) is 2.76. The van der Waals surface area contributed by atoms with Crippen LogP contribution in [0.25, 0.3) is 0 Å². The summed E-state index contributed by atoms with van der Waals surface area (Å²) >= 11 is 1.69. The standard InChI is InChI=1S/C16H19NO3S/c1-19-13-6-3-5-12(11-13)15(20-2)16(18)17-9-8-14-7-4-10-21-14/h3-7,10-11,15H,8-9H2,1-2H3,(H,17,18). The number of methoxy groups -OCH3 is 2. The van der Waals surface area contributed by atoms with Crippen LogP contribution in [0.1, 0.15) is 16.5 Å². The highest BCUT2D eigenvalue weighted by atomic mass is 32.1. The van der Waals surface area contributed by atoms with E-state index in [0.29, 0.717) is 12.3 Å². The topological polar surface area (TPSA) is 47.6 Å². The first-order valence-electron chi connectivity index (χ1n) is 6.71. The number of carbonyl (C=O) groups excluding carboxylic acids is 1. The summed E-state index contributed by atoms with van der Waals surface area (Å²) in [5, 5.41) is 4.94. The number of ether oxygens (including phenoxy) is 2. The van der Waals surface area contributed by atoms with Gasteiger partial charge in [-0.05, 0) is 35.6 Å². The molecule has 0 fully saturated rings. The molecule has 0 aliphatic heterocycles. The van der Waals surface area contributed by atoms with Crippen LogP contribution < -0.4 is 10.1 Å². The van der Waals surface area contributed by atoms with E-state index in [9.17, 15) is 4.79 Å². The second-order valence-corrected chi connectivity index (χ2v) is 5.54. The molecule has 2 aromatic rings. The van der Waals surface area contributed by atoms with Gasteiger partial charge < -0.3 is 14.8 Å². The molecule has 21 heavy (non-hydrogen) atoms. The van der Waals surface area contributed by atoms with Gasteiger partial charge in [0.2, 0.25) is 0 Å². The molecule has 1 amide bonds. The summed E-state index contributed by atoms with van der Waals surface area (Å²) < 4.78 is 10.5. The maximum absolute atomic E-state index is 12.2. The molecule has 0 radical (unpaired) electrons. The Bertz CT molecular complexity index is 569. The molecule has 1 heterocycles. The quantitative estimate of drug-likeness (QED) is 0.855. The van der Waals surface area contributed by atoms with E-state index in [4.69, 9.17) is 9.47 Å². The predicted octanol–water partition coefficient (Wildman–Crippen LogP) is 2.80. The van der Waals surface area contributed by atoms with Crippen LogP contribution in [-0.2, 0) is 16.0 Å². The van der Waals surface area contributed by atoms with E-state index < -0.39 is 6.10 Å². The molecular formula is C16H19NO3S. The zero-order valence-corrected chi connectivity index (χ0v) is 13.0. The predicted molar refractivity (Wildman–Crippen MR) is 83.8 cm³/mol. The van der Waals surface area contributed by atoms with Gasteiger partial charge in [0.1, 0.15) is 5.75 Å².